The molecule has 0 aliphatic carbocycles. The molecule has 216 valence electrons. The van der Waals surface area contributed by atoms with Crippen LogP contribution in [0, 0.1) is 12.7 Å². The Morgan fingerprint density at radius 1 is 0.854 bits per heavy atom. The number of hydrogen-bond donors (Lipinski definition) is 1. The molecule has 2 heterocycles. The molecule has 0 radical (unpaired) electrons. The van der Waals surface area contributed by atoms with Crippen molar-refractivity contribution in [3.05, 3.63) is 83.3 Å². The highest BCUT2D eigenvalue weighted by molar-refractivity contribution is 7.91. The third-order valence-corrected chi connectivity index (χ3v) is 9.23. The van der Waals surface area contributed by atoms with Gasteiger partial charge < -0.3 is 19.7 Å². The first-order valence-corrected chi connectivity index (χ1v) is 16.0. The molecule has 1 aliphatic rings. The zero-order valence-electron chi connectivity index (χ0n) is 24.1. The Kier molecular flexibility index (Phi) is 8.08. The number of halogens is 2. The van der Waals surface area contributed by atoms with Gasteiger partial charge in [-0.05, 0) is 86.5 Å². The van der Waals surface area contributed by atoms with Crippen LogP contribution in [-0.2, 0) is 9.84 Å². The number of sulfone groups is 1. The number of nitrogens with one attached hydrogen (secondary N) is 1. The van der Waals surface area contributed by atoms with Crippen molar-refractivity contribution in [2.45, 2.75) is 31.7 Å². The van der Waals surface area contributed by atoms with Crippen molar-refractivity contribution in [2.24, 2.45) is 0 Å². The lowest BCUT2D eigenvalue weighted by Crippen LogP contribution is -2.46. The summed E-state index contributed by atoms with van der Waals surface area (Å²) in [4.78, 5) is 4.71. The molecular weight excluding hydrogens is 559 g/mol. The van der Waals surface area contributed by atoms with Crippen LogP contribution in [0.3, 0.4) is 0 Å². The normalized spacial score (nSPS) is 14.1. The SMILES string of the molecule is CNc1ccc(N2CCN(c3cc(F)cc(-c4c(S(C)(=O)=O)c(C)n(C(C)C)c4-c4ccc(Cl)cc4)c3)CC2)cc1. The number of rotatable bonds is 7. The molecule has 0 bridgehead atoms. The summed E-state index contributed by atoms with van der Waals surface area (Å²) in [5.74, 6) is -0.404. The molecule has 4 aromatic rings. The Morgan fingerprint density at radius 2 is 1.44 bits per heavy atom. The molecule has 5 rings (SSSR count). The average molecular weight is 595 g/mol. The van der Waals surface area contributed by atoms with Crippen LogP contribution in [0.15, 0.2) is 71.6 Å². The van der Waals surface area contributed by atoms with E-state index in [4.69, 9.17) is 11.6 Å². The molecule has 0 atom stereocenters. The molecule has 0 spiro atoms. The summed E-state index contributed by atoms with van der Waals surface area (Å²) in [5.41, 5.74) is 6.20. The van der Waals surface area contributed by atoms with Gasteiger partial charge in [-0.25, -0.2) is 12.8 Å². The minimum absolute atomic E-state index is 0.0294. The van der Waals surface area contributed by atoms with E-state index < -0.39 is 15.7 Å². The number of anilines is 3. The van der Waals surface area contributed by atoms with Crippen molar-refractivity contribution < 1.29 is 12.8 Å². The number of nitrogens with zero attached hydrogens (tertiary/aromatic N) is 3. The molecule has 6 nitrogen and oxygen atoms in total. The van der Waals surface area contributed by atoms with Gasteiger partial charge in [0.05, 0.1) is 10.6 Å². The van der Waals surface area contributed by atoms with E-state index in [2.05, 4.69) is 39.4 Å². The average Bonchev–Trinajstić information content (AvgIpc) is 3.27. The molecule has 3 aromatic carbocycles. The fraction of sp³-hybridized carbons (Fsp3) is 0.312. The van der Waals surface area contributed by atoms with Crippen LogP contribution in [-0.4, -0.2) is 52.5 Å². The summed E-state index contributed by atoms with van der Waals surface area (Å²) >= 11 is 6.19. The van der Waals surface area contributed by atoms with Gasteiger partial charge in [-0.2, -0.15) is 0 Å². The molecule has 41 heavy (non-hydrogen) atoms. The summed E-state index contributed by atoms with van der Waals surface area (Å²) < 4.78 is 43.9. The zero-order chi connectivity index (χ0) is 29.5. The summed E-state index contributed by atoms with van der Waals surface area (Å²) in [6.45, 7) is 8.87. The van der Waals surface area contributed by atoms with Crippen molar-refractivity contribution in [3.8, 4) is 22.4 Å². The van der Waals surface area contributed by atoms with E-state index in [0.29, 0.717) is 34.9 Å². The van der Waals surface area contributed by atoms with Crippen LogP contribution >= 0.6 is 11.6 Å². The van der Waals surface area contributed by atoms with Gasteiger partial charge in [0.1, 0.15) is 5.82 Å². The molecule has 0 saturated carbocycles. The van der Waals surface area contributed by atoms with Gasteiger partial charge in [-0.15, -0.1) is 0 Å². The summed E-state index contributed by atoms with van der Waals surface area (Å²) in [6.07, 6.45) is 1.22. The third kappa shape index (κ3) is 5.81. The third-order valence-electron chi connectivity index (χ3n) is 7.74. The summed E-state index contributed by atoms with van der Waals surface area (Å²) in [6, 6.07) is 20.5. The number of piperazine rings is 1. The fourth-order valence-corrected chi connectivity index (χ4v) is 7.25. The van der Waals surface area contributed by atoms with E-state index in [1.807, 2.05) is 50.6 Å². The predicted molar refractivity (Wildman–Crippen MR) is 169 cm³/mol. The first-order valence-electron chi connectivity index (χ1n) is 13.8. The first kappa shape index (κ1) is 29.0. The van der Waals surface area contributed by atoms with E-state index in [9.17, 15) is 8.42 Å². The molecule has 1 N–H and O–H groups in total. The first-order chi connectivity index (χ1) is 19.5. The van der Waals surface area contributed by atoms with Crippen LogP contribution in [0.5, 0.6) is 0 Å². The maximum Gasteiger partial charge on any atom is 0.177 e. The molecule has 1 aromatic heterocycles. The van der Waals surface area contributed by atoms with E-state index in [0.717, 1.165) is 41.4 Å². The lowest BCUT2D eigenvalue weighted by atomic mass is 9.99. The summed E-state index contributed by atoms with van der Waals surface area (Å²) in [7, 11) is -1.75. The minimum Gasteiger partial charge on any atom is -0.388 e. The van der Waals surface area contributed by atoms with Crippen LogP contribution in [0.25, 0.3) is 22.4 Å². The zero-order valence-corrected chi connectivity index (χ0v) is 25.7. The van der Waals surface area contributed by atoms with Gasteiger partial charge in [0.15, 0.2) is 9.84 Å². The summed E-state index contributed by atoms with van der Waals surface area (Å²) in [5, 5.41) is 3.73. The van der Waals surface area contributed by atoms with Gasteiger partial charge in [0.25, 0.3) is 0 Å². The van der Waals surface area contributed by atoms with Crippen LogP contribution in [0.2, 0.25) is 5.02 Å². The highest BCUT2D eigenvalue weighted by Gasteiger charge is 2.30. The standard InChI is InChI=1S/C32H36ClFN4O2S/c1-21(2)38-22(3)32(41(5,39)40)30(31(38)23-6-8-25(33)9-7-23)24-18-26(34)20-29(19-24)37-16-14-36(15-17-37)28-12-10-27(35-4)11-13-28/h6-13,18-21,35H,14-17H2,1-5H3. The van der Waals surface area contributed by atoms with Gasteiger partial charge in [-0.3, -0.25) is 0 Å². The predicted octanol–water partition coefficient (Wildman–Crippen LogP) is 7.28. The van der Waals surface area contributed by atoms with Crippen molar-refractivity contribution in [1.82, 2.24) is 4.57 Å². The molecule has 1 saturated heterocycles. The van der Waals surface area contributed by atoms with E-state index in [1.54, 1.807) is 12.1 Å². The lowest BCUT2D eigenvalue weighted by Gasteiger charge is -2.37. The Hall–Kier alpha value is -3.49. The van der Waals surface area contributed by atoms with Gasteiger partial charge in [0, 0.05) is 78.9 Å². The fourth-order valence-electron chi connectivity index (χ4n) is 5.91. The Balaban J connectivity index is 1.58. The molecule has 1 aliphatic heterocycles. The number of aromatic nitrogens is 1. The Morgan fingerprint density at radius 3 is 1.98 bits per heavy atom. The van der Waals surface area contributed by atoms with E-state index in [1.165, 1.54) is 18.4 Å². The van der Waals surface area contributed by atoms with Gasteiger partial charge >= 0.3 is 0 Å². The second-order valence-corrected chi connectivity index (χ2v) is 13.2. The maximum atomic E-state index is 15.3. The van der Waals surface area contributed by atoms with Crippen molar-refractivity contribution in [1.29, 1.82) is 0 Å². The second-order valence-electron chi connectivity index (χ2n) is 10.9. The van der Waals surface area contributed by atoms with Crippen molar-refractivity contribution in [2.75, 3.05) is 54.6 Å². The topological polar surface area (TPSA) is 57.6 Å². The quantitative estimate of drug-likeness (QED) is 0.244. The molecular formula is C32H36ClFN4O2S. The van der Waals surface area contributed by atoms with Crippen molar-refractivity contribution in [3.63, 3.8) is 0 Å². The van der Waals surface area contributed by atoms with Crippen LogP contribution < -0.4 is 15.1 Å². The molecule has 0 unspecified atom stereocenters. The number of hydrogen-bond acceptors (Lipinski definition) is 5. The van der Waals surface area contributed by atoms with Gasteiger partial charge in [-0.1, -0.05) is 23.7 Å². The minimum atomic E-state index is -3.65. The highest BCUT2D eigenvalue weighted by Crippen LogP contribution is 2.44. The van der Waals surface area contributed by atoms with Crippen LogP contribution in [0.4, 0.5) is 21.5 Å². The Labute approximate surface area is 247 Å². The molecule has 1 fully saturated rings. The monoisotopic (exact) mass is 594 g/mol. The largest absolute Gasteiger partial charge is 0.388 e. The maximum absolute atomic E-state index is 15.3. The second kappa shape index (κ2) is 11.4. The van der Waals surface area contributed by atoms with Crippen LogP contribution in [0.1, 0.15) is 25.6 Å². The van der Waals surface area contributed by atoms with E-state index >= 15 is 4.39 Å². The Bertz CT molecular complexity index is 1660. The van der Waals surface area contributed by atoms with Gasteiger partial charge in [0.2, 0.25) is 0 Å². The highest BCUT2D eigenvalue weighted by atomic mass is 35.5. The smallest absolute Gasteiger partial charge is 0.177 e. The van der Waals surface area contributed by atoms with E-state index in [-0.39, 0.29) is 10.9 Å². The lowest BCUT2D eigenvalue weighted by molar-refractivity contribution is 0.583. The number of benzene rings is 3. The molecule has 9 heteroatoms. The molecule has 0 amide bonds. The van der Waals surface area contributed by atoms with Crippen molar-refractivity contribution >= 4 is 38.5 Å².